The van der Waals surface area contributed by atoms with Gasteiger partial charge in [0.1, 0.15) is 6.54 Å². The van der Waals surface area contributed by atoms with E-state index in [1.54, 1.807) is 17.1 Å². The molecular weight excluding hydrogens is 298 g/mol. The molecule has 0 bridgehead atoms. The summed E-state index contributed by atoms with van der Waals surface area (Å²) in [6.07, 6.45) is 3.48. The number of amides is 1. The predicted molar refractivity (Wildman–Crippen MR) is 83.4 cm³/mol. The lowest BCUT2D eigenvalue weighted by Crippen LogP contribution is -2.38. The Balaban J connectivity index is 2.03. The fourth-order valence-corrected chi connectivity index (χ4v) is 2.12. The Hall–Kier alpha value is -2.67. The van der Waals surface area contributed by atoms with Crippen LogP contribution in [0.4, 0.5) is 0 Å². The van der Waals surface area contributed by atoms with Crippen molar-refractivity contribution in [2.75, 3.05) is 26.8 Å². The fourth-order valence-electron chi connectivity index (χ4n) is 2.12. The van der Waals surface area contributed by atoms with Crippen LogP contribution in [-0.2, 0) is 20.7 Å². The maximum absolute atomic E-state index is 12.3. The number of carbonyl (C=O) groups is 2. The molecule has 0 unspecified atom stereocenters. The number of hydrogen-bond donors (Lipinski definition) is 1. The Kier molecular flexibility index (Phi) is 5.87. The number of rotatable bonds is 8. The second kappa shape index (κ2) is 8.09. The van der Waals surface area contributed by atoms with Crippen molar-refractivity contribution in [2.24, 2.45) is 0 Å². The van der Waals surface area contributed by atoms with Crippen molar-refractivity contribution in [3.8, 4) is 5.69 Å². The molecule has 1 N–H and O–H groups in total. The summed E-state index contributed by atoms with van der Waals surface area (Å²) >= 11 is 0. The zero-order chi connectivity index (χ0) is 16.7. The first kappa shape index (κ1) is 16.7. The summed E-state index contributed by atoms with van der Waals surface area (Å²) in [4.78, 5) is 24.4. The van der Waals surface area contributed by atoms with Crippen molar-refractivity contribution in [3.63, 3.8) is 0 Å². The lowest BCUT2D eigenvalue weighted by molar-refractivity contribution is -0.144. The quantitative estimate of drug-likeness (QED) is 0.784. The first-order valence-electron chi connectivity index (χ1n) is 7.17. The van der Waals surface area contributed by atoms with Gasteiger partial charge in [0.15, 0.2) is 0 Å². The molecule has 23 heavy (non-hydrogen) atoms. The van der Waals surface area contributed by atoms with Gasteiger partial charge in [-0.3, -0.25) is 9.59 Å². The maximum atomic E-state index is 12.3. The second-order valence-corrected chi connectivity index (χ2v) is 5.01. The summed E-state index contributed by atoms with van der Waals surface area (Å²) in [6, 6.07) is 9.54. The van der Waals surface area contributed by atoms with E-state index in [1.165, 1.54) is 12.0 Å². The highest BCUT2D eigenvalue weighted by molar-refractivity contribution is 5.82. The molecule has 0 atom stereocenters. The first-order valence-corrected chi connectivity index (χ1v) is 7.17. The molecule has 1 aromatic heterocycles. The average molecular weight is 317 g/mol. The molecule has 1 aromatic carbocycles. The van der Waals surface area contributed by atoms with Gasteiger partial charge in [-0.05, 0) is 17.7 Å². The van der Waals surface area contributed by atoms with Gasteiger partial charge in [-0.2, -0.15) is 5.10 Å². The number of aliphatic carboxylic acids is 1. The van der Waals surface area contributed by atoms with Gasteiger partial charge >= 0.3 is 5.97 Å². The highest BCUT2D eigenvalue weighted by Crippen LogP contribution is 2.09. The maximum Gasteiger partial charge on any atom is 0.323 e. The topological polar surface area (TPSA) is 84.7 Å². The predicted octanol–water partition coefficient (Wildman–Crippen LogP) is 0.974. The summed E-state index contributed by atoms with van der Waals surface area (Å²) in [5.41, 5.74) is 1.62. The standard InChI is InChI=1S/C16H19N3O4/c1-23-8-7-18(12-16(21)22)15(20)9-13-10-17-19(11-13)14-5-3-2-4-6-14/h2-6,10-11H,7-9,12H2,1H3,(H,21,22). The smallest absolute Gasteiger partial charge is 0.323 e. The largest absolute Gasteiger partial charge is 0.480 e. The number of carbonyl (C=O) groups excluding carboxylic acids is 1. The van der Waals surface area contributed by atoms with E-state index in [1.807, 2.05) is 30.3 Å². The van der Waals surface area contributed by atoms with Crippen LogP contribution in [0.3, 0.4) is 0 Å². The minimum Gasteiger partial charge on any atom is -0.480 e. The highest BCUT2D eigenvalue weighted by Gasteiger charge is 2.17. The van der Waals surface area contributed by atoms with Crippen LogP contribution in [0.25, 0.3) is 5.69 Å². The lowest BCUT2D eigenvalue weighted by atomic mass is 10.2. The number of carboxylic acids is 1. The summed E-state index contributed by atoms with van der Waals surface area (Å²) in [5, 5.41) is 13.1. The van der Waals surface area contributed by atoms with Crippen LogP contribution >= 0.6 is 0 Å². The third-order valence-electron chi connectivity index (χ3n) is 3.26. The Bertz CT molecular complexity index is 654. The molecule has 2 aromatic rings. The van der Waals surface area contributed by atoms with Crippen LogP contribution < -0.4 is 0 Å². The Morgan fingerprint density at radius 2 is 2.04 bits per heavy atom. The van der Waals surface area contributed by atoms with Gasteiger partial charge in [0.2, 0.25) is 5.91 Å². The Morgan fingerprint density at radius 3 is 2.70 bits per heavy atom. The molecule has 0 aliphatic rings. The molecule has 0 saturated heterocycles. The molecule has 7 nitrogen and oxygen atoms in total. The second-order valence-electron chi connectivity index (χ2n) is 5.01. The normalized spacial score (nSPS) is 10.5. The number of para-hydroxylation sites is 1. The molecule has 7 heteroatoms. The number of nitrogens with zero attached hydrogens (tertiary/aromatic N) is 3. The third kappa shape index (κ3) is 4.93. The minimum atomic E-state index is -1.05. The van der Waals surface area contributed by atoms with Crippen molar-refractivity contribution in [3.05, 3.63) is 48.3 Å². The van der Waals surface area contributed by atoms with Gasteiger partial charge in [-0.1, -0.05) is 18.2 Å². The molecule has 0 spiro atoms. The van der Waals surface area contributed by atoms with Gasteiger partial charge < -0.3 is 14.7 Å². The fraction of sp³-hybridized carbons (Fsp3) is 0.312. The van der Waals surface area contributed by atoms with Crippen molar-refractivity contribution < 1.29 is 19.4 Å². The molecule has 0 aliphatic carbocycles. The molecule has 2 rings (SSSR count). The van der Waals surface area contributed by atoms with E-state index in [4.69, 9.17) is 9.84 Å². The Morgan fingerprint density at radius 1 is 1.30 bits per heavy atom. The van der Waals surface area contributed by atoms with Crippen LogP contribution in [0.15, 0.2) is 42.7 Å². The van der Waals surface area contributed by atoms with E-state index in [-0.39, 0.29) is 25.4 Å². The van der Waals surface area contributed by atoms with Crippen LogP contribution in [0, 0.1) is 0 Å². The molecule has 1 heterocycles. The van der Waals surface area contributed by atoms with Gasteiger partial charge in [0.25, 0.3) is 0 Å². The summed E-state index contributed by atoms with van der Waals surface area (Å²) < 4.78 is 6.59. The third-order valence-corrected chi connectivity index (χ3v) is 3.26. The van der Waals surface area contributed by atoms with Crippen molar-refractivity contribution >= 4 is 11.9 Å². The molecule has 0 aliphatic heterocycles. The summed E-state index contributed by atoms with van der Waals surface area (Å²) in [5.74, 6) is -1.31. The number of ether oxygens (including phenoxy) is 1. The summed E-state index contributed by atoms with van der Waals surface area (Å²) in [7, 11) is 1.51. The van der Waals surface area contributed by atoms with Crippen LogP contribution in [0.1, 0.15) is 5.56 Å². The summed E-state index contributed by atoms with van der Waals surface area (Å²) in [6.45, 7) is 0.200. The molecule has 122 valence electrons. The molecular formula is C16H19N3O4. The lowest BCUT2D eigenvalue weighted by Gasteiger charge is -2.19. The van der Waals surface area contributed by atoms with Gasteiger partial charge in [-0.25, -0.2) is 4.68 Å². The van der Waals surface area contributed by atoms with E-state index in [9.17, 15) is 9.59 Å². The molecule has 0 fully saturated rings. The minimum absolute atomic E-state index is 0.101. The van der Waals surface area contributed by atoms with Crippen molar-refractivity contribution in [1.82, 2.24) is 14.7 Å². The number of hydrogen-bond acceptors (Lipinski definition) is 4. The number of aromatic nitrogens is 2. The van der Waals surface area contributed by atoms with Crippen LogP contribution in [0.2, 0.25) is 0 Å². The average Bonchev–Trinajstić information content (AvgIpc) is 3.00. The van der Waals surface area contributed by atoms with Gasteiger partial charge in [0.05, 0.1) is 24.9 Å². The van der Waals surface area contributed by atoms with E-state index in [0.717, 1.165) is 11.3 Å². The van der Waals surface area contributed by atoms with E-state index >= 15 is 0 Å². The van der Waals surface area contributed by atoms with E-state index in [0.29, 0.717) is 6.61 Å². The first-order chi connectivity index (χ1) is 11.1. The zero-order valence-corrected chi connectivity index (χ0v) is 12.9. The molecule has 0 radical (unpaired) electrons. The van der Waals surface area contributed by atoms with Gasteiger partial charge in [0, 0.05) is 19.9 Å². The van der Waals surface area contributed by atoms with Crippen LogP contribution in [0.5, 0.6) is 0 Å². The zero-order valence-electron chi connectivity index (χ0n) is 12.9. The highest BCUT2D eigenvalue weighted by atomic mass is 16.5. The van der Waals surface area contributed by atoms with Crippen LogP contribution in [-0.4, -0.2) is 58.5 Å². The number of carboxylic acid groups (broad SMARTS) is 1. The SMILES string of the molecule is COCCN(CC(=O)O)C(=O)Cc1cnn(-c2ccccc2)c1. The Labute approximate surface area is 134 Å². The van der Waals surface area contributed by atoms with Gasteiger partial charge in [-0.15, -0.1) is 0 Å². The molecule has 0 saturated carbocycles. The monoisotopic (exact) mass is 317 g/mol. The van der Waals surface area contributed by atoms with E-state index in [2.05, 4.69) is 5.10 Å². The van der Waals surface area contributed by atoms with E-state index < -0.39 is 5.97 Å². The molecule has 1 amide bonds. The number of benzene rings is 1. The van der Waals surface area contributed by atoms with Crippen molar-refractivity contribution in [2.45, 2.75) is 6.42 Å². The van der Waals surface area contributed by atoms with Crippen molar-refractivity contribution in [1.29, 1.82) is 0 Å². The number of methoxy groups -OCH3 is 1.